The van der Waals surface area contributed by atoms with Crippen LogP contribution in [0.2, 0.25) is 0 Å². The molecule has 0 spiro atoms. The molecule has 4 heteroatoms. The van der Waals surface area contributed by atoms with Crippen LogP contribution in [0.15, 0.2) is 0 Å². The molecule has 104 valence electrons. The van der Waals surface area contributed by atoms with Crippen molar-refractivity contribution in [2.45, 2.75) is 51.4 Å². The van der Waals surface area contributed by atoms with E-state index in [1.807, 2.05) is 0 Å². The van der Waals surface area contributed by atoms with E-state index < -0.39 is 0 Å². The number of hydrogen-bond acceptors (Lipinski definition) is 3. The van der Waals surface area contributed by atoms with E-state index in [2.05, 4.69) is 5.32 Å². The second-order valence-electron chi connectivity index (χ2n) is 6.20. The Morgan fingerprint density at radius 3 is 2.33 bits per heavy atom. The van der Waals surface area contributed by atoms with E-state index in [1.54, 1.807) is 0 Å². The molecule has 0 aromatic carbocycles. The van der Waals surface area contributed by atoms with Crippen LogP contribution in [-0.2, 0) is 4.79 Å². The summed E-state index contributed by atoms with van der Waals surface area (Å²) < 4.78 is 0. The zero-order chi connectivity index (χ0) is 13.1. The Morgan fingerprint density at radius 1 is 1.17 bits per heavy atom. The Hall–Kier alpha value is -0.610. The lowest BCUT2D eigenvalue weighted by molar-refractivity contribution is -0.132. The van der Waals surface area contributed by atoms with Gasteiger partial charge in [-0.1, -0.05) is 19.3 Å². The molecule has 2 rings (SSSR count). The standard InChI is InChI=1S/C14H26N2O2/c15-10-14(4-2-1-3-5-14)12(18)16-11-13(6-7-13)8-9-17/h17H,1-11,15H2,(H,16,18). The molecule has 1 amide bonds. The van der Waals surface area contributed by atoms with E-state index in [4.69, 9.17) is 10.8 Å². The van der Waals surface area contributed by atoms with E-state index in [0.29, 0.717) is 13.1 Å². The maximum absolute atomic E-state index is 12.4. The summed E-state index contributed by atoms with van der Waals surface area (Å²) in [6.07, 6.45) is 8.39. The number of amides is 1. The average Bonchev–Trinajstić information content (AvgIpc) is 3.17. The number of carbonyl (C=O) groups is 1. The molecule has 2 aliphatic carbocycles. The van der Waals surface area contributed by atoms with Crippen molar-refractivity contribution in [2.24, 2.45) is 16.6 Å². The lowest BCUT2D eigenvalue weighted by Gasteiger charge is -2.35. The Labute approximate surface area is 109 Å². The van der Waals surface area contributed by atoms with Crippen molar-refractivity contribution in [3.05, 3.63) is 0 Å². The molecule has 2 aliphatic rings. The van der Waals surface area contributed by atoms with Gasteiger partial charge in [-0.15, -0.1) is 0 Å². The van der Waals surface area contributed by atoms with Crippen molar-refractivity contribution in [2.75, 3.05) is 19.7 Å². The van der Waals surface area contributed by atoms with Crippen molar-refractivity contribution < 1.29 is 9.90 Å². The zero-order valence-corrected chi connectivity index (χ0v) is 11.2. The van der Waals surface area contributed by atoms with Gasteiger partial charge >= 0.3 is 0 Å². The number of aliphatic hydroxyl groups excluding tert-OH is 1. The fourth-order valence-electron chi connectivity index (χ4n) is 3.14. The van der Waals surface area contributed by atoms with Crippen molar-refractivity contribution in [1.82, 2.24) is 5.32 Å². The molecule has 0 aliphatic heterocycles. The van der Waals surface area contributed by atoms with Gasteiger partial charge in [-0.25, -0.2) is 0 Å². The second kappa shape index (κ2) is 5.57. The zero-order valence-electron chi connectivity index (χ0n) is 11.2. The average molecular weight is 254 g/mol. The highest BCUT2D eigenvalue weighted by atomic mass is 16.3. The molecule has 0 atom stereocenters. The topological polar surface area (TPSA) is 75.4 Å². The number of hydrogen-bond donors (Lipinski definition) is 3. The van der Waals surface area contributed by atoms with Crippen LogP contribution in [-0.4, -0.2) is 30.7 Å². The molecule has 0 saturated heterocycles. The molecule has 0 aromatic heterocycles. The lowest BCUT2D eigenvalue weighted by atomic mass is 9.73. The minimum absolute atomic E-state index is 0.147. The summed E-state index contributed by atoms with van der Waals surface area (Å²) in [5, 5.41) is 12.1. The predicted octanol–water partition coefficient (Wildman–Crippen LogP) is 1.17. The first-order chi connectivity index (χ1) is 8.66. The molecule has 4 nitrogen and oxygen atoms in total. The summed E-state index contributed by atoms with van der Waals surface area (Å²) in [5.74, 6) is 0.147. The summed E-state index contributed by atoms with van der Waals surface area (Å²) in [5.41, 5.74) is 5.73. The van der Waals surface area contributed by atoms with Gasteiger partial charge in [0.2, 0.25) is 5.91 Å². The van der Waals surface area contributed by atoms with Crippen LogP contribution in [0.4, 0.5) is 0 Å². The minimum atomic E-state index is -0.312. The second-order valence-corrected chi connectivity index (χ2v) is 6.20. The number of carbonyl (C=O) groups excluding carboxylic acids is 1. The van der Waals surface area contributed by atoms with E-state index in [-0.39, 0.29) is 23.3 Å². The van der Waals surface area contributed by atoms with Crippen molar-refractivity contribution in [3.63, 3.8) is 0 Å². The van der Waals surface area contributed by atoms with Gasteiger partial charge in [0.1, 0.15) is 0 Å². The van der Waals surface area contributed by atoms with Crippen LogP contribution in [0, 0.1) is 10.8 Å². The Bertz CT molecular complexity index is 294. The van der Waals surface area contributed by atoms with Crippen LogP contribution in [0.1, 0.15) is 51.4 Å². The third-order valence-corrected chi connectivity index (χ3v) is 4.91. The van der Waals surface area contributed by atoms with Gasteiger partial charge < -0.3 is 16.2 Å². The fourth-order valence-corrected chi connectivity index (χ4v) is 3.14. The summed E-state index contributed by atoms with van der Waals surface area (Å²) in [6, 6.07) is 0. The highest BCUT2D eigenvalue weighted by molar-refractivity contribution is 5.83. The first-order valence-electron chi connectivity index (χ1n) is 7.26. The van der Waals surface area contributed by atoms with Crippen molar-refractivity contribution in [3.8, 4) is 0 Å². The van der Waals surface area contributed by atoms with E-state index in [0.717, 1.165) is 44.9 Å². The number of rotatable bonds is 6. The van der Waals surface area contributed by atoms with Crippen LogP contribution in [0.25, 0.3) is 0 Å². The van der Waals surface area contributed by atoms with Crippen LogP contribution >= 0.6 is 0 Å². The predicted molar refractivity (Wildman–Crippen MR) is 71.0 cm³/mol. The van der Waals surface area contributed by atoms with Gasteiger partial charge in [0.15, 0.2) is 0 Å². The van der Waals surface area contributed by atoms with Gasteiger partial charge in [0, 0.05) is 19.7 Å². The fraction of sp³-hybridized carbons (Fsp3) is 0.929. The quantitative estimate of drug-likeness (QED) is 0.666. The van der Waals surface area contributed by atoms with E-state index in [9.17, 15) is 4.79 Å². The van der Waals surface area contributed by atoms with E-state index >= 15 is 0 Å². The minimum Gasteiger partial charge on any atom is -0.396 e. The van der Waals surface area contributed by atoms with Crippen molar-refractivity contribution >= 4 is 5.91 Å². The molecule has 4 N–H and O–H groups in total. The summed E-state index contributed by atoms with van der Waals surface area (Å²) in [6.45, 7) is 1.40. The first-order valence-corrected chi connectivity index (χ1v) is 7.26. The number of nitrogens with two attached hydrogens (primary N) is 1. The van der Waals surface area contributed by atoms with Gasteiger partial charge in [-0.2, -0.15) is 0 Å². The molecule has 0 radical (unpaired) electrons. The maximum atomic E-state index is 12.4. The van der Waals surface area contributed by atoms with Crippen LogP contribution < -0.4 is 11.1 Å². The molecule has 0 unspecified atom stereocenters. The molecule has 18 heavy (non-hydrogen) atoms. The summed E-state index contributed by atoms with van der Waals surface area (Å²) >= 11 is 0. The largest absolute Gasteiger partial charge is 0.396 e. The highest BCUT2D eigenvalue weighted by Gasteiger charge is 2.44. The summed E-state index contributed by atoms with van der Waals surface area (Å²) in [7, 11) is 0. The number of aliphatic hydroxyl groups is 1. The van der Waals surface area contributed by atoms with Gasteiger partial charge in [0.05, 0.1) is 5.41 Å². The molecule has 2 saturated carbocycles. The van der Waals surface area contributed by atoms with Crippen LogP contribution in [0.3, 0.4) is 0 Å². The van der Waals surface area contributed by atoms with E-state index in [1.165, 1.54) is 6.42 Å². The third-order valence-electron chi connectivity index (χ3n) is 4.91. The van der Waals surface area contributed by atoms with Gasteiger partial charge in [-0.05, 0) is 37.5 Å². The third kappa shape index (κ3) is 2.86. The lowest BCUT2D eigenvalue weighted by Crippen LogP contribution is -2.48. The Kier molecular flexibility index (Phi) is 4.28. The smallest absolute Gasteiger partial charge is 0.227 e. The van der Waals surface area contributed by atoms with Gasteiger partial charge in [0.25, 0.3) is 0 Å². The molecule has 0 bridgehead atoms. The molecular formula is C14H26N2O2. The SMILES string of the molecule is NCC1(C(=O)NCC2(CCO)CC2)CCCCC1. The molecule has 0 heterocycles. The van der Waals surface area contributed by atoms with Crippen molar-refractivity contribution in [1.29, 1.82) is 0 Å². The molecule has 2 fully saturated rings. The first kappa shape index (κ1) is 13.8. The summed E-state index contributed by atoms with van der Waals surface area (Å²) in [4.78, 5) is 12.4. The monoisotopic (exact) mass is 254 g/mol. The number of nitrogens with one attached hydrogen (secondary N) is 1. The maximum Gasteiger partial charge on any atom is 0.227 e. The van der Waals surface area contributed by atoms with Crippen LogP contribution in [0.5, 0.6) is 0 Å². The molecule has 0 aromatic rings. The Balaban J connectivity index is 1.86. The molecular weight excluding hydrogens is 228 g/mol. The Morgan fingerprint density at radius 2 is 1.83 bits per heavy atom. The van der Waals surface area contributed by atoms with Gasteiger partial charge in [-0.3, -0.25) is 4.79 Å². The normalized spacial score (nSPS) is 24.6. The highest BCUT2D eigenvalue weighted by Crippen LogP contribution is 2.48.